The molecule has 0 aliphatic heterocycles. The van der Waals surface area contributed by atoms with E-state index in [1.165, 1.54) is 7.11 Å². The van der Waals surface area contributed by atoms with Gasteiger partial charge >= 0.3 is 7.82 Å². The lowest BCUT2D eigenvalue weighted by Crippen LogP contribution is -2.18. The van der Waals surface area contributed by atoms with Crippen LogP contribution in [0.2, 0.25) is 0 Å². The lowest BCUT2D eigenvalue weighted by atomic mass is 10.1. The lowest BCUT2D eigenvalue weighted by Gasteiger charge is -2.27. The van der Waals surface area contributed by atoms with Gasteiger partial charge < -0.3 is 0 Å². The maximum Gasteiger partial charge on any atom is 0.475 e. The molecule has 0 amide bonds. The minimum Gasteiger partial charge on any atom is -0.290 e. The predicted molar refractivity (Wildman–Crippen MR) is 70.3 cm³/mol. The highest BCUT2D eigenvalue weighted by molar-refractivity contribution is 7.48. The Hall–Kier alpha value is -0.410. The molecule has 0 heterocycles. The zero-order valence-corrected chi connectivity index (χ0v) is 11.7. The van der Waals surface area contributed by atoms with Crippen LogP contribution >= 0.6 is 7.82 Å². The van der Waals surface area contributed by atoms with E-state index in [1.807, 2.05) is 0 Å². The fourth-order valence-electron chi connectivity index (χ4n) is 2.20. The summed E-state index contributed by atoms with van der Waals surface area (Å²) in [5, 5.41) is 0. The van der Waals surface area contributed by atoms with Crippen molar-refractivity contribution in [1.29, 1.82) is 0 Å². The molecule has 0 saturated carbocycles. The fourth-order valence-corrected chi connectivity index (χ4v) is 3.53. The van der Waals surface area contributed by atoms with Crippen LogP contribution in [0.5, 0.6) is 0 Å². The first kappa shape index (κ1) is 14.0. The SMILES string of the molecule is COP(=O)(OC1CC=CCC1)OC1CC=CCC1. The molecular formula is C13H21O4P. The number of phosphoric ester groups is 1. The number of allylic oxidation sites excluding steroid dienone is 2. The van der Waals surface area contributed by atoms with Gasteiger partial charge in [-0.3, -0.25) is 13.6 Å². The average Bonchev–Trinajstić information content (AvgIpc) is 2.41. The molecule has 2 rings (SSSR count). The van der Waals surface area contributed by atoms with Crippen molar-refractivity contribution in [2.75, 3.05) is 7.11 Å². The van der Waals surface area contributed by atoms with Crippen LogP contribution in [0.1, 0.15) is 38.5 Å². The largest absolute Gasteiger partial charge is 0.475 e. The smallest absolute Gasteiger partial charge is 0.290 e. The van der Waals surface area contributed by atoms with Gasteiger partial charge in [-0.05, 0) is 38.5 Å². The Morgan fingerprint density at radius 3 is 1.78 bits per heavy atom. The normalized spacial score (nSPS) is 31.2. The summed E-state index contributed by atoms with van der Waals surface area (Å²) in [6.45, 7) is 0. The van der Waals surface area contributed by atoms with Gasteiger partial charge in [0, 0.05) is 7.11 Å². The predicted octanol–water partition coefficient (Wildman–Crippen LogP) is 3.99. The Morgan fingerprint density at radius 2 is 1.44 bits per heavy atom. The van der Waals surface area contributed by atoms with Gasteiger partial charge in [-0.25, -0.2) is 4.57 Å². The summed E-state index contributed by atoms with van der Waals surface area (Å²) >= 11 is 0. The van der Waals surface area contributed by atoms with E-state index >= 15 is 0 Å². The van der Waals surface area contributed by atoms with Crippen molar-refractivity contribution in [3.05, 3.63) is 24.3 Å². The monoisotopic (exact) mass is 272 g/mol. The van der Waals surface area contributed by atoms with Gasteiger partial charge in [0.05, 0.1) is 12.2 Å². The molecule has 2 aliphatic carbocycles. The fraction of sp³-hybridized carbons (Fsp3) is 0.692. The second-order valence-corrected chi connectivity index (χ2v) is 6.33. The molecule has 2 unspecified atom stereocenters. The molecule has 2 atom stereocenters. The molecule has 5 heteroatoms. The third-order valence-corrected chi connectivity index (χ3v) is 4.78. The van der Waals surface area contributed by atoms with Crippen LogP contribution in [-0.4, -0.2) is 19.3 Å². The van der Waals surface area contributed by atoms with E-state index in [4.69, 9.17) is 13.6 Å². The second kappa shape index (κ2) is 6.67. The van der Waals surface area contributed by atoms with Crippen molar-refractivity contribution in [2.24, 2.45) is 0 Å². The van der Waals surface area contributed by atoms with E-state index in [0.717, 1.165) is 38.5 Å². The molecule has 0 aromatic carbocycles. The Labute approximate surface area is 109 Å². The topological polar surface area (TPSA) is 44.8 Å². The summed E-state index contributed by atoms with van der Waals surface area (Å²) in [6, 6.07) is 0. The van der Waals surface area contributed by atoms with Gasteiger partial charge in [0.1, 0.15) is 0 Å². The molecule has 0 spiro atoms. The average molecular weight is 272 g/mol. The minimum atomic E-state index is -3.40. The van der Waals surface area contributed by atoms with Gasteiger partial charge in [0.25, 0.3) is 0 Å². The van der Waals surface area contributed by atoms with Gasteiger partial charge in [0.2, 0.25) is 0 Å². The molecule has 0 aromatic rings. The van der Waals surface area contributed by atoms with Crippen molar-refractivity contribution >= 4 is 7.82 Å². The first-order valence-electron chi connectivity index (χ1n) is 6.54. The first-order chi connectivity index (χ1) is 8.72. The highest BCUT2D eigenvalue weighted by Gasteiger charge is 2.32. The number of hydrogen-bond acceptors (Lipinski definition) is 4. The van der Waals surface area contributed by atoms with E-state index in [-0.39, 0.29) is 12.2 Å². The van der Waals surface area contributed by atoms with E-state index in [1.54, 1.807) is 0 Å². The molecule has 4 nitrogen and oxygen atoms in total. The highest BCUT2D eigenvalue weighted by atomic mass is 31.2. The molecule has 102 valence electrons. The molecular weight excluding hydrogens is 251 g/mol. The minimum absolute atomic E-state index is 0.0556. The molecule has 0 aromatic heterocycles. The summed E-state index contributed by atoms with van der Waals surface area (Å²) in [5.74, 6) is 0. The quantitative estimate of drug-likeness (QED) is 0.560. The third-order valence-electron chi connectivity index (χ3n) is 3.22. The summed E-state index contributed by atoms with van der Waals surface area (Å²) < 4.78 is 28.5. The highest BCUT2D eigenvalue weighted by Crippen LogP contribution is 2.53. The number of hydrogen-bond donors (Lipinski definition) is 0. The Kier molecular flexibility index (Phi) is 5.19. The third kappa shape index (κ3) is 4.06. The molecule has 0 saturated heterocycles. The van der Waals surface area contributed by atoms with Crippen molar-refractivity contribution < 1.29 is 18.1 Å². The molecule has 0 N–H and O–H groups in total. The van der Waals surface area contributed by atoms with Crippen molar-refractivity contribution in [1.82, 2.24) is 0 Å². The van der Waals surface area contributed by atoms with Crippen LogP contribution in [0.15, 0.2) is 24.3 Å². The zero-order valence-electron chi connectivity index (χ0n) is 10.8. The molecule has 18 heavy (non-hydrogen) atoms. The van der Waals surface area contributed by atoms with Crippen LogP contribution in [0, 0.1) is 0 Å². The molecule has 0 bridgehead atoms. The van der Waals surface area contributed by atoms with Crippen LogP contribution in [0.4, 0.5) is 0 Å². The van der Waals surface area contributed by atoms with Gasteiger partial charge in [-0.1, -0.05) is 24.3 Å². The van der Waals surface area contributed by atoms with Crippen LogP contribution < -0.4 is 0 Å². The second-order valence-electron chi connectivity index (χ2n) is 4.65. The summed E-state index contributed by atoms with van der Waals surface area (Å²) in [5.41, 5.74) is 0. The Bertz CT molecular complexity index is 334. The first-order valence-corrected chi connectivity index (χ1v) is 8.00. The van der Waals surface area contributed by atoms with Crippen LogP contribution in [0.3, 0.4) is 0 Å². The maximum absolute atomic E-state index is 12.4. The van der Waals surface area contributed by atoms with Crippen LogP contribution in [-0.2, 0) is 18.1 Å². The summed E-state index contributed by atoms with van der Waals surface area (Å²) in [4.78, 5) is 0. The van der Waals surface area contributed by atoms with Gasteiger partial charge in [0.15, 0.2) is 0 Å². The van der Waals surface area contributed by atoms with Crippen molar-refractivity contribution in [3.63, 3.8) is 0 Å². The van der Waals surface area contributed by atoms with Crippen LogP contribution in [0.25, 0.3) is 0 Å². The maximum atomic E-state index is 12.4. The van der Waals surface area contributed by atoms with E-state index in [2.05, 4.69) is 24.3 Å². The standard InChI is InChI=1S/C13H21O4P/c1-15-18(14,16-12-8-4-2-5-9-12)17-13-10-6-3-7-11-13/h2-4,6,12-13H,5,7-11H2,1H3. The summed E-state index contributed by atoms with van der Waals surface area (Å²) in [6.07, 6.45) is 13.4. The molecule has 2 aliphatic rings. The molecule has 0 radical (unpaired) electrons. The Morgan fingerprint density at radius 1 is 0.944 bits per heavy atom. The van der Waals surface area contributed by atoms with E-state index in [9.17, 15) is 4.57 Å². The number of phosphoric acid groups is 1. The number of rotatable bonds is 5. The van der Waals surface area contributed by atoms with Crippen molar-refractivity contribution in [3.8, 4) is 0 Å². The van der Waals surface area contributed by atoms with Gasteiger partial charge in [-0.2, -0.15) is 0 Å². The van der Waals surface area contributed by atoms with E-state index in [0.29, 0.717) is 0 Å². The van der Waals surface area contributed by atoms with Gasteiger partial charge in [-0.15, -0.1) is 0 Å². The zero-order chi connectivity index (χ0) is 12.8. The Balaban J connectivity index is 1.89. The van der Waals surface area contributed by atoms with E-state index < -0.39 is 7.82 Å². The molecule has 0 fully saturated rings. The van der Waals surface area contributed by atoms with Crippen molar-refractivity contribution in [2.45, 2.75) is 50.7 Å². The lowest BCUT2D eigenvalue weighted by molar-refractivity contribution is 0.0568. The summed E-state index contributed by atoms with van der Waals surface area (Å²) in [7, 11) is -2.02.